The van der Waals surface area contributed by atoms with Crippen LogP contribution in [0.4, 0.5) is 4.79 Å². The van der Waals surface area contributed by atoms with Crippen LogP contribution in [-0.4, -0.2) is 47.0 Å². The normalized spacial score (nSPS) is 15.9. The summed E-state index contributed by atoms with van der Waals surface area (Å²) in [5.41, 5.74) is 1.11. The van der Waals surface area contributed by atoms with Crippen molar-refractivity contribution in [3.63, 3.8) is 0 Å². The summed E-state index contributed by atoms with van der Waals surface area (Å²) in [5, 5.41) is 6.11. The van der Waals surface area contributed by atoms with E-state index in [9.17, 15) is 14.4 Å². The van der Waals surface area contributed by atoms with E-state index in [-0.39, 0.29) is 23.8 Å². The summed E-state index contributed by atoms with van der Waals surface area (Å²) in [6.45, 7) is 13.8. The highest BCUT2D eigenvalue weighted by atomic mass is 16.6. The summed E-state index contributed by atoms with van der Waals surface area (Å²) in [6, 6.07) is 6.35. The topological polar surface area (TPSA) is 87.7 Å². The number of carbonyl (C=O) groups is 3. The van der Waals surface area contributed by atoms with E-state index >= 15 is 0 Å². The van der Waals surface area contributed by atoms with Crippen molar-refractivity contribution in [2.24, 2.45) is 5.92 Å². The van der Waals surface area contributed by atoms with Gasteiger partial charge in [0.25, 0.3) is 0 Å². The van der Waals surface area contributed by atoms with E-state index in [1.54, 1.807) is 25.7 Å². The Morgan fingerprint density at radius 3 is 2.23 bits per heavy atom. The molecule has 0 spiro atoms. The molecule has 0 aliphatic heterocycles. The fourth-order valence-corrected chi connectivity index (χ4v) is 5.25. The van der Waals surface area contributed by atoms with Gasteiger partial charge in [-0.15, -0.1) is 0 Å². The predicted octanol–water partition coefficient (Wildman–Crippen LogP) is 6.83. The third kappa shape index (κ3) is 10.8. The molecule has 2 N–H and O–H groups in total. The molecular weight excluding hydrogens is 490 g/mol. The zero-order chi connectivity index (χ0) is 29.0. The van der Waals surface area contributed by atoms with Crippen molar-refractivity contribution >= 4 is 17.9 Å². The molecule has 39 heavy (non-hydrogen) atoms. The zero-order valence-corrected chi connectivity index (χ0v) is 25.5. The number of alkyl carbamates (subject to hydrolysis) is 1. The Morgan fingerprint density at radius 1 is 1.00 bits per heavy atom. The fraction of sp³-hybridized carbons (Fsp3) is 0.719. The number of hydrogen-bond donors (Lipinski definition) is 2. The van der Waals surface area contributed by atoms with Gasteiger partial charge < -0.3 is 20.3 Å². The number of hydrogen-bond acceptors (Lipinski definition) is 4. The fourth-order valence-electron chi connectivity index (χ4n) is 5.25. The summed E-state index contributed by atoms with van der Waals surface area (Å²) in [5.74, 6) is -0.581. The third-order valence-electron chi connectivity index (χ3n) is 7.39. The zero-order valence-electron chi connectivity index (χ0n) is 25.5. The van der Waals surface area contributed by atoms with Gasteiger partial charge in [0.15, 0.2) is 0 Å². The smallest absolute Gasteiger partial charge is 0.408 e. The monoisotopic (exact) mass is 543 g/mol. The summed E-state index contributed by atoms with van der Waals surface area (Å²) >= 11 is 0. The van der Waals surface area contributed by atoms with Gasteiger partial charge in [-0.25, -0.2) is 4.79 Å². The Balaban J connectivity index is 2.44. The second-order valence-corrected chi connectivity index (χ2v) is 12.4. The Hall–Kier alpha value is -2.57. The third-order valence-corrected chi connectivity index (χ3v) is 7.39. The van der Waals surface area contributed by atoms with Gasteiger partial charge in [0, 0.05) is 12.6 Å². The van der Waals surface area contributed by atoms with Gasteiger partial charge in [0.1, 0.15) is 17.7 Å². The number of benzene rings is 1. The van der Waals surface area contributed by atoms with Crippen LogP contribution < -0.4 is 10.6 Å². The summed E-state index contributed by atoms with van der Waals surface area (Å²) in [4.78, 5) is 42.8. The molecule has 7 nitrogen and oxygen atoms in total. The molecule has 2 unspecified atom stereocenters. The van der Waals surface area contributed by atoms with Gasteiger partial charge in [-0.1, -0.05) is 90.0 Å². The molecule has 1 aromatic carbocycles. The number of ether oxygens (including phenoxy) is 1. The Labute approximate surface area is 236 Å². The van der Waals surface area contributed by atoms with E-state index in [1.165, 1.54) is 6.42 Å². The molecule has 7 heteroatoms. The van der Waals surface area contributed by atoms with E-state index in [1.807, 2.05) is 45.0 Å². The van der Waals surface area contributed by atoms with Crippen LogP contribution in [0.3, 0.4) is 0 Å². The minimum atomic E-state index is -0.815. The first-order chi connectivity index (χ1) is 18.4. The van der Waals surface area contributed by atoms with Crippen molar-refractivity contribution in [3.8, 4) is 0 Å². The van der Waals surface area contributed by atoms with Crippen LogP contribution >= 0.6 is 0 Å². The molecule has 1 aliphatic rings. The first kappa shape index (κ1) is 32.6. The van der Waals surface area contributed by atoms with E-state index < -0.39 is 23.8 Å². The molecule has 0 radical (unpaired) electrons. The lowest BCUT2D eigenvalue weighted by Gasteiger charge is -2.37. The maximum Gasteiger partial charge on any atom is 0.408 e. The molecule has 1 fully saturated rings. The van der Waals surface area contributed by atoms with Crippen molar-refractivity contribution in [3.05, 3.63) is 35.4 Å². The van der Waals surface area contributed by atoms with Crippen LogP contribution in [0.15, 0.2) is 24.3 Å². The number of unbranched alkanes of at least 4 members (excludes halogenated alkanes) is 4. The molecule has 0 aromatic heterocycles. The number of rotatable bonds is 13. The highest BCUT2D eigenvalue weighted by Crippen LogP contribution is 2.28. The summed E-state index contributed by atoms with van der Waals surface area (Å²) < 4.78 is 5.49. The largest absolute Gasteiger partial charge is 0.444 e. The number of nitrogens with one attached hydrogen (secondary N) is 2. The van der Waals surface area contributed by atoms with Crippen LogP contribution in [0.2, 0.25) is 0 Å². The van der Waals surface area contributed by atoms with Crippen molar-refractivity contribution in [1.82, 2.24) is 15.5 Å². The number of carbonyl (C=O) groups excluding carboxylic acids is 3. The van der Waals surface area contributed by atoms with Crippen molar-refractivity contribution < 1.29 is 19.1 Å². The molecular formula is C32H53N3O4. The predicted molar refractivity (Wildman–Crippen MR) is 157 cm³/mol. The van der Waals surface area contributed by atoms with Crippen LogP contribution in [0.1, 0.15) is 123 Å². The summed E-state index contributed by atoms with van der Waals surface area (Å²) in [7, 11) is 0. The average molecular weight is 544 g/mol. The standard InChI is InChI=1S/C32H53N3O4/c1-8-9-10-11-17-22-35(30(37)27(23(2)3)34-31(38)39-32(5,6)7)28(26-21-16-15-18-24(26)4)29(36)33-25-19-13-12-14-20-25/h15-16,18,21,23,25,27-28H,8-14,17,19-20,22H2,1-7H3,(H,33,36)(H,34,38). The quantitative estimate of drug-likeness (QED) is 0.267. The van der Waals surface area contributed by atoms with E-state index in [4.69, 9.17) is 4.74 Å². The van der Waals surface area contributed by atoms with Crippen LogP contribution in [0, 0.1) is 12.8 Å². The number of nitrogens with zero attached hydrogens (tertiary/aromatic N) is 1. The Kier molecular flexibility index (Phi) is 13.3. The average Bonchev–Trinajstić information content (AvgIpc) is 2.86. The van der Waals surface area contributed by atoms with Crippen LogP contribution in [0.25, 0.3) is 0 Å². The van der Waals surface area contributed by atoms with E-state index in [0.29, 0.717) is 6.54 Å². The maximum atomic E-state index is 14.3. The van der Waals surface area contributed by atoms with Crippen molar-refractivity contribution in [2.75, 3.05) is 6.54 Å². The maximum absolute atomic E-state index is 14.3. The Bertz CT molecular complexity index is 918. The van der Waals surface area contributed by atoms with E-state index in [0.717, 1.165) is 68.9 Å². The molecule has 220 valence electrons. The van der Waals surface area contributed by atoms with Gasteiger partial charge in [-0.05, 0) is 64.0 Å². The van der Waals surface area contributed by atoms with E-state index in [2.05, 4.69) is 17.6 Å². The summed E-state index contributed by atoms with van der Waals surface area (Å²) in [6.07, 6.45) is 9.85. The highest BCUT2D eigenvalue weighted by molar-refractivity contribution is 5.92. The molecule has 1 aromatic rings. The lowest BCUT2D eigenvalue weighted by atomic mass is 9.93. The molecule has 2 rings (SSSR count). The van der Waals surface area contributed by atoms with Gasteiger partial charge in [0.2, 0.25) is 11.8 Å². The molecule has 0 saturated heterocycles. The first-order valence-electron chi connectivity index (χ1n) is 15.1. The van der Waals surface area contributed by atoms with Gasteiger partial charge >= 0.3 is 6.09 Å². The lowest BCUT2D eigenvalue weighted by molar-refractivity contribution is -0.143. The van der Waals surface area contributed by atoms with Crippen LogP contribution in [-0.2, 0) is 14.3 Å². The number of aryl methyl sites for hydroxylation is 1. The SMILES string of the molecule is CCCCCCCN(C(=O)C(NC(=O)OC(C)(C)C)C(C)C)C(C(=O)NC1CCCCC1)c1ccccc1C. The lowest BCUT2D eigenvalue weighted by Crippen LogP contribution is -2.55. The second kappa shape index (κ2) is 15.9. The highest BCUT2D eigenvalue weighted by Gasteiger charge is 2.38. The molecule has 2 atom stereocenters. The van der Waals surface area contributed by atoms with Gasteiger partial charge in [0.05, 0.1) is 0 Å². The van der Waals surface area contributed by atoms with Crippen molar-refractivity contribution in [1.29, 1.82) is 0 Å². The second-order valence-electron chi connectivity index (χ2n) is 12.4. The Morgan fingerprint density at radius 2 is 1.64 bits per heavy atom. The van der Waals surface area contributed by atoms with Crippen LogP contribution in [0.5, 0.6) is 0 Å². The minimum absolute atomic E-state index is 0.125. The molecule has 1 saturated carbocycles. The van der Waals surface area contributed by atoms with Crippen molar-refractivity contribution in [2.45, 2.75) is 136 Å². The molecule has 1 aliphatic carbocycles. The minimum Gasteiger partial charge on any atom is -0.444 e. The molecule has 0 heterocycles. The first-order valence-corrected chi connectivity index (χ1v) is 15.1. The van der Waals surface area contributed by atoms with Gasteiger partial charge in [-0.3, -0.25) is 9.59 Å². The molecule has 3 amide bonds. The van der Waals surface area contributed by atoms with Gasteiger partial charge in [-0.2, -0.15) is 0 Å². The molecule has 0 bridgehead atoms. The number of amides is 3.